The zero-order chi connectivity index (χ0) is 19.7. The van der Waals surface area contributed by atoms with Crippen molar-refractivity contribution >= 4 is 98.7 Å². The van der Waals surface area contributed by atoms with Gasteiger partial charge in [-0.25, -0.2) is 0 Å². The zero-order valence-electron chi connectivity index (χ0n) is 13.8. The Morgan fingerprint density at radius 1 is 0.607 bits per heavy atom. The number of hydrogen-bond donors (Lipinski definition) is 2. The fourth-order valence-electron chi connectivity index (χ4n) is 3.50. The second kappa shape index (κ2) is 6.32. The van der Waals surface area contributed by atoms with Gasteiger partial charge in [-0.2, -0.15) is 0 Å². The second-order valence-corrected chi connectivity index (χ2v) is 9.12. The Labute approximate surface area is 183 Å². The molecule has 0 aliphatic rings. The van der Waals surface area contributed by atoms with E-state index in [9.17, 15) is 9.59 Å². The van der Waals surface area contributed by atoms with Crippen molar-refractivity contribution < 1.29 is 0 Å². The number of rotatable bonds is 0. The molecule has 0 unspecified atom stereocenters. The van der Waals surface area contributed by atoms with E-state index in [1.165, 1.54) is 0 Å². The number of aromatic nitrogens is 2. The van der Waals surface area contributed by atoms with Crippen LogP contribution in [0.25, 0.3) is 43.6 Å². The highest BCUT2D eigenvalue weighted by atomic mass is 79.9. The lowest BCUT2D eigenvalue weighted by atomic mass is 10.1. The van der Waals surface area contributed by atoms with Crippen LogP contribution in [0.15, 0.2) is 54.9 Å². The smallest absolute Gasteiger partial charge is 0.197 e. The summed E-state index contributed by atoms with van der Waals surface area (Å²) >= 11 is 19.4. The Hall–Kier alpha value is -1.86. The first kappa shape index (κ1) is 18.2. The van der Waals surface area contributed by atoms with Gasteiger partial charge in [-0.1, -0.05) is 55.1 Å². The van der Waals surface area contributed by atoms with E-state index in [0.717, 1.165) is 0 Å². The molecule has 0 spiro atoms. The first-order chi connectivity index (χ1) is 13.3. The fraction of sp³-hybridized carbons (Fsp3) is 0. The van der Waals surface area contributed by atoms with Crippen LogP contribution < -0.4 is 10.9 Å². The fourth-order valence-corrected chi connectivity index (χ4v) is 5.21. The summed E-state index contributed by atoms with van der Waals surface area (Å²) < 4.78 is 1.43. The van der Waals surface area contributed by atoms with E-state index in [4.69, 9.17) is 23.2 Å². The van der Waals surface area contributed by atoms with Gasteiger partial charge in [0.1, 0.15) is 0 Å². The van der Waals surface area contributed by atoms with E-state index in [-0.39, 0.29) is 10.9 Å². The molecule has 2 aromatic heterocycles. The summed E-state index contributed by atoms with van der Waals surface area (Å²) in [6, 6.07) is 10.2. The molecule has 8 heteroatoms. The maximum absolute atomic E-state index is 13.1. The second-order valence-electron chi connectivity index (χ2n) is 6.47. The van der Waals surface area contributed by atoms with Crippen molar-refractivity contribution in [3.63, 3.8) is 0 Å². The number of fused-ring (bicyclic) bond motifs is 4. The van der Waals surface area contributed by atoms with Gasteiger partial charge in [0.15, 0.2) is 10.9 Å². The highest BCUT2D eigenvalue weighted by molar-refractivity contribution is 9.10. The average Bonchev–Trinajstić information content (AvgIpc) is 2.63. The first-order valence-electron chi connectivity index (χ1n) is 8.13. The summed E-state index contributed by atoms with van der Waals surface area (Å²) in [7, 11) is 0. The summed E-state index contributed by atoms with van der Waals surface area (Å²) in [6.45, 7) is 0. The number of halogens is 4. The summed E-state index contributed by atoms with van der Waals surface area (Å²) in [5, 5.41) is 2.70. The minimum atomic E-state index is -0.170. The van der Waals surface area contributed by atoms with Gasteiger partial charge in [0.25, 0.3) is 0 Å². The predicted molar refractivity (Wildman–Crippen MR) is 123 cm³/mol. The molecule has 28 heavy (non-hydrogen) atoms. The molecule has 0 saturated heterocycles. The van der Waals surface area contributed by atoms with Crippen molar-refractivity contribution in [2.24, 2.45) is 0 Å². The van der Waals surface area contributed by atoms with Gasteiger partial charge in [0.05, 0.1) is 32.1 Å². The molecule has 0 amide bonds. The van der Waals surface area contributed by atoms with Gasteiger partial charge >= 0.3 is 0 Å². The van der Waals surface area contributed by atoms with Crippen molar-refractivity contribution in [3.05, 3.63) is 75.8 Å². The minimum Gasteiger partial charge on any atom is -0.353 e. The summed E-state index contributed by atoms with van der Waals surface area (Å²) in [5.74, 6) is 0. The molecule has 5 aromatic rings. The van der Waals surface area contributed by atoms with Gasteiger partial charge in [0, 0.05) is 30.5 Å². The Morgan fingerprint density at radius 3 is 1.39 bits per heavy atom. The molecule has 4 nitrogen and oxygen atoms in total. The van der Waals surface area contributed by atoms with Crippen LogP contribution >= 0.6 is 55.1 Å². The summed E-state index contributed by atoms with van der Waals surface area (Å²) in [4.78, 5) is 32.5. The molecule has 5 rings (SSSR count). The first-order valence-corrected chi connectivity index (χ1v) is 10.5. The van der Waals surface area contributed by atoms with Crippen molar-refractivity contribution in [1.29, 1.82) is 0 Å². The number of hydrogen-bond acceptors (Lipinski definition) is 2. The highest BCUT2D eigenvalue weighted by Crippen LogP contribution is 2.30. The third-order valence-electron chi connectivity index (χ3n) is 4.77. The number of benzene rings is 3. The monoisotopic (exact) mass is 536 g/mol. The lowest BCUT2D eigenvalue weighted by molar-refractivity contribution is 1.45. The van der Waals surface area contributed by atoms with Crippen LogP contribution in [0.2, 0.25) is 10.0 Å². The number of pyridine rings is 2. The van der Waals surface area contributed by atoms with Crippen molar-refractivity contribution in [2.75, 3.05) is 0 Å². The average molecular weight is 539 g/mol. The van der Waals surface area contributed by atoms with Gasteiger partial charge in [0.2, 0.25) is 0 Å². The van der Waals surface area contributed by atoms with Crippen LogP contribution in [0.1, 0.15) is 0 Å². The van der Waals surface area contributed by atoms with Gasteiger partial charge in [-0.05, 0) is 36.4 Å². The lowest BCUT2D eigenvalue weighted by Gasteiger charge is -2.09. The molecule has 0 bridgehead atoms. The largest absolute Gasteiger partial charge is 0.353 e. The molecule has 0 atom stereocenters. The topological polar surface area (TPSA) is 65.7 Å². The third-order valence-corrected chi connectivity index (χ3v) is 6.28. The third kappa shape index (κ3) is 2.63. The van der Waals surface area contributed by atoms with E-state index in [1.54, 1.807) is 36.4 Å². The van der Waals surface area contributed by atoms with Crippen LogP contribution in [-0.4, -0.2) is 9.97 Å². The van der Waals surface area contributed by atoms with E-state index in [0.29, 0.717) is 62.6 Å². The van der Waals surface area contributed by atoms with Crippen molar-refractivity contribution in [1.82, 2.24) is 9.97 Å². The van der Waals surface area contributed by atoms with Crippen molar-refractivity contribution in [3.8, 4) is 0 Å². The van der Waals surface area contributed by atoms with Gasteiger partial charge in [-0.3, -0.25) is 9.59 Å². The molecule has 0 aliphatic carbocycles. The molecule has 2 heterocycles. The number of aromatic amines is 2. The van der Waals surface area contributed by atoms with E-state index in [2.05, 4.69) is 41.8 Å². The number of H-pyrrole nitrogens is 2. The molecule has 0 fully saturated rings. The standard InChI is InChI=1S/C20H8Br2Cl2N2O2/c21-7-1-11-17(13(23)3-7)25-15-6-10-16(5-9(15)19(11)27)26-18-12(20(10)28)2-8(22)4-14(18)24/h1-6H,(H,25,27)(H,26,28). The molecule has 0 saturated carbocycles. The molecular weight excluding hydrogens is 531 g/mol. The Balaban J connectivity index is 2.02. The predicted octanol–water partition coefficient (Wildman–Crippen LogP) is 6.51. The normalized spacial score (nSPS) is 11.9. The Morgan fingerprint density at radius 2 is 1.00 bits per heavy atom. The molecule has 138 valence electrons. The van der Waals surface area contributed by atoms with Gasteiger partial charge < -0.3 is 9.97 Å². The summed E-state index contributed by atoms with van der Waals surface area (Å²) in [6.07, 6.45) is 0. The highest BCUT2D eigenvalue weighted by Gasteiger charge is 2.14. The van der Waals surface area contributed by atoms with Crippen molar-refractivity contribution in [2.45, 2.75) is 0 Å². The molecular formula is C20H8Br2Cl2N2O2. The molecule has 0 radical (unpaired) electrons. The van der Waals surface area contributed by atoms with Crippen LogP contribution in [-0.2, 0) is 0 Å². The maximum atomic E-state index is 13.1. The Kier molecular flexibility index (Phi) is 4.11. The van der Waals surface area contributed by atoms with Crippen LogP contribution in [0.5, 0.6) is 0 Å². The maximum Gasteiger partial charge on any atom is 0.197 e. The quantitative estimate of drug-likeness (QED) is 0.221. The molecule has 2 N–H and O–H groups in total. The molecule has 0 aliphatic heterocycles. The lowest BCUT2D eigenvalue weighted by Crippen LogP contribution is -2.08. The van der Waals surface area contributed by atoms with E-state index in [1.807, 2.05) is 0 Å². The summed E-state index contributed by atoms with van der Waals surface area (Å²) in [5.41, 5.74) is 1.81. The van der Waals surface area contributed by atoms with Gasteiger partial charge in [-0.15, -0.1) is 0 Å². The molecule has 3 aromatic carbocycles. The minimum absolute atomic E-state index is 0.170. The number of nitrogens with one attached hydrogen (secondary N) is 2. The van der Waals surface area contributed by atoms with E-state index >= 15 is 0 Å². The zero-order valence-corrected chi connectivity index (χ0v) is 18.5. The van der Waals surface area contributed by atoms with Crippen LogP contribution in [0, 0.1) is 0 Å². The Bertz CT molecular complexity index is 1490. The van der Waals surface area contributed by atoms with E-state index < -0.39 is 0 Å². The SMILES string of the molecule is O=c1c2cc3[nH]c4c(Cl)cc(Br)cc4c(=O)c3cc2[nH]c2c(Cl)cc(Br)cc12. The van der Waals surface area contributed by atoms with Crippen LogP contribution in [0.3, 0.4) is 0 Å². The van der Waals surface area contributed by atoms with Crippen LogP contribution in [0.4, 0.5) is 0 Å².